The van der Waals surface area contributed by atoms with Crippen molar-refractivity contribution in [3.63, 3.8) is 0 Å². The third-order valence-corrected chi connectivity index (χ3v) is 11.9. The average molecular weight is 870 g/mol. The van der Waals surface area contributed by atoms with Gasteiger partial charge in [-0.1, -0.05) is 74.5 Å². The maximum atomic E-state index is 12.3. The summed E-state index contributed by atoms with van der Waals surface area (Å²) < 4.78 is 3.86. The van der Waals surface area contributed by atoms with E-state index in [1.807, 2.05) is 43.6 Å². The Balaban J connectivity index is 0.000000268. The van der Waals surface area contributed by atoms with Gasteiger partial charge in [0.1, 0.15) is 24.0 Å². The Hall–Kier alpha value is -6.38. The molecular formula is C50H63N9O5. The van der Waals surface area contributed by atoms with Gasteiger partial charge in [0.05, 0.1) is 42.1 Å². The number of aromatic nitrogens is 4. The highest BCUT2D eigenvalue weighted by Gasteiger charge is 2.26. The van der Waals surface area contributed by atoms with Crippen LogP contribution in [0.4, 0.5) is 4.79 Å². The molecule has 3 amide bonds. The zero-order chi connectivity index (χ0) is 45.4. The van der Waals surface area contributed by atoms with Crippen molar-refractivity contribution < 1.29 is 23.9 Å². The van der Waals surface area contributed by atoms with Crippen molar-refractivity contribution >= 4 is 46.5 Å². The van der Waals surface area contributed by atoms with Gasteiger partial charge >= 0.3 is 6.03 Å². The average Bonchev–Trinajstić information content (AvgIpc) is 4.17. The van der Waals surface area contributed by atoms with Gasteiger partial charge in [0.25, 0.3) is 6.47 Å². The van der Waals surface area contributed by atoms with E-state index in [1.165, 1.54) is 35.4 Å². The molecule has 0 aliphatic carbocycles. The van der Waals surface area contributed by atoms with Crippen LogP contribution in [0.15, 0.2) is 91.1 Å². The molecule has 2 saturated heterocycles. The number of nitrogens with zero attached hydrogens (tertiary/aromatic N) is 4. The smallest absolute Gasteiger partial charge is 0.318 e. The van der Waals surface area contributed by atoms with Crippen molar-refractivity contribution in [2.24, 2.45) is 5.92 Å². The number of aldehydes is 1. The first-order valence-electron chi connectivity index (χ1n) is 22.4. The second-order valence-electron chi connectivity index (χ2n) is 16.8. The van der Waals surface area contributed by atoms with E-state index in [0.29, 0.717) is 19.1 Å². The number of fused-ring (bicyclic) bond motifs is 2. The Labute approximate surface area is 376 Å². The van der Waals surface area contributed by atoms with Crippen molar-refractivity contribution in [2.75, 3.05) is 47.4 Å². The predicted molar refractivity (Wildman–Crippen MR) is 253 cm³/mol. The van der Waals surface area contributed by atoms with Gasteiger partial charge in [-0.15, -0.1) is 0 Å². The summed E-state index contributed by atoms with van der Waals surface area (Å²) in [6.07, 6.45) is 9.90. The van der Waals surface area contributed by atoms with E-state index in [0.717, 1.165) is 104 Å². The number of carbonyl (C=O) groups is 4. The van der Waals surface area contributed by atoms with Gasteiger partial charge in [-0.3, -0.25) is 14.5 Å². The predicted octanol–water partition coefficient (Wildman–Crippen LogP) is 7.74. The molecule has 0 saturated carbocycles. The molecule has 2 aliphatic rings. The van der Waals surface area contributed by atoms with Gasteiger partial charge in [-0.25, -0.2) is 14.8 Å². The highest BCUT2D eigenvalue weighted by molar-refractivity contribution is 5.92. The fourth-order valence-corrected chi connectivity index (χ4v) is 8.36. The number of H-pyrrole nitrogens is 2. The monoisotopic (exact) mass is 869 g/mol. The van der Waals surface area contributed by atoms with Crippen molar-refractivity contribution in [1.82, 2.24) is 45.7 Å². The number of benzene rings is 4. The number of ether oxygens (including phenoxy) is 1. The van der Waals surface area contributed by atoms with Gasteiger partial charge in [0.15, 0.2) is 0 Å². The third-order valence-electron chi connectivity index (χ3n) is 11.9. The molecule has 0 spiro atoms. The van der Waals surface area contributed by atoms with Gasteiger partial charge in [-0.2, -0.15) is 0 Å². The number of unbranched alkanes of at least 4 members (excludes halogenated alkanes) is 1. The zero-order valence-electron chi connectivity index (χ0n) is 37.7. The first-order valence-corrected chi connectivity index (χ1v) is 22.4. The molecule has 8 rings (SSSR count). The van der Waals surface area contributed by atoms with Crippen LogP contribution in [0.5, 0.6) is 0 Å². The Morgan fingerprint density at radius 2 is 1.56 bits per heavy atom. The molecule has 1 unspecified atom stereocenters. The minimum atomic E-state index is -0.552. The summed E-state index contributed by atoms with van der Waals surface area (Å²) in [5.74, 6) is 2.39. The number of aryl methyl sites for hydroxylation is 1. The van der Waals surface area contributed by atoms with E-state index < -0.39 is 6.04 Å². The van der Waals surface area contributed by atoms with Gasteiger partial charge in [-0.05, 0) is 117 Å². The lowest BCUT2D eigenvalue weighted by molar-refractivity contribution is -0.126. The molecule has 3 atom stereocenters. The summed E-state index contributed by atoms with van der Waals surface area (Å²) in [7, 11) is 5.33. The number of hydrogen-bond acceptors (Lipinski definition) is 9. The van der Waals surface area contributed by atoms with Gasteiger partial charge < -0.3 is 40.3 Å². The molecule has 14 heteroatoms. The van der Waals surface area contributed by atoms with Crippen LogP contribution >= 0.6 is 0 Å². The number of imidazole rings is 2. The van der Waals surface area contributed by atoms with Crippen molar-refractivity contribution in [2.45, 2.75) is 76.9 Å². The lowest BCUT2D eigenvalue weighted by Crippen LogP contribution is -2.46. The Morgan fingerprint density at radius 1 is 0.875 bits per heavy atom. The second-order valence-corrected chi connectivity index (χ2v) is 16.8. The van der Waals surface area contributed by atoms with E-state index in [2.05, 4.69) is 116 Å². The number of likely N-dealkylation sites (N-methyl/N-ethyl adjacent to an activating group) is 1. The van der Waals surface area contributed by atoms with E-state index in [9.17, 15) is 14.4 Å². The summed E-state index contributed by atoms with van der Waals surface area (Å²) in [5, 5.41) is 11.3. The molecule has 338 valence electrons. The zero-order valence-corrected chi connectivity index (χ0v) is 37.7. The molecule has 5 N–H and O–H groups in total. The number of likely N-dealkylation sites (tertiary alicyclic amines) is 2. The normalized spacial score (nSPS) is 15.8. The Morgan fingerprint density at radius 3 is 2.22 bits per heavy atom. The summed E-state index contributed by atoms with van der Waals surface area (Å²) in [6, 6.07) is 28.6. The summed E-state index contributed by atoms with van der Waals surface area (Å²) >= 11 is 0. The molecule has 64 heavy (non-hydrogen) atoms. The number of aromatic amines is 2. The molecule has 2 fully saturated rings. The van der Waals surface area contributed by atoms with Crippen molar-refractivity contribution in [3.8, 4) is 22.4 Å². The lowest BCUT2D eigenvalue weighted by atomic mass is 9.99. The highest BCUT2D eigenvalue weighted by atomic mass is 16.5. The SMILES string of the molecule is CN[C@H](C(=O)NCCCCc1ncc(-c2ccc3cc(-c4ccc5nc(C6CCCN6C)[nH]c5c4)ccc3c2)[nH]1)C(C)C.COC=O.O=C[C@H](NC(=O)N1CCCC1)c1ccccc1. The van der Waals surface area contributed by atoms with Crippen molar-refractivity contribution in [3.05, 3.63) is 108 Å². The quantitative estimate of drug-likeness (QED) is 0.0510. The maximum absolute atomic E-state index is 12.3. The number of methoxy groups -OCH3 is 1. The molecular weight excluding hydrogens is 807 g/mol. The Kier molecular flexibility index (Phi) is 17.2. The molecule has 2 aromatic heterocycles. The van der Waals surface area contributed by atoms with Crippen LogP contribution in [0, 0.1) is 5.92 Å². The van der Waals surface area contributed by atoms with Crippen LogP contribution < -0.4 is 16.0 Å². The second kappa shape index (κ2) is 23.3. The number of urea groups is 1. The van der Waals surface area contributed by atoms with Crippen LogP contribution in [0.2, 0.25) is 0 Å². The topological polar surface area (TPSA) is 177 Å². The highest BCUT2D eigenvalue weighted by Crippen LogP contribution is 2.33. The number of amides is 3. The molecule has 0 bridgehead atoms. The third kappa shape index (κ3) is 12.4. The standard InChI is InChI=1S/C35H43N7O.C13H16N2O2.C2H4O2/c1-22(2)33(36-3)35(43)37-16-6-5-9-32-38-21-30(39-32)27-13-12-23-18-24(10-11-25(23)19-27)26-14-15-28-29(20-26)41-34(40-28)31-8-7-17-42(31)4;16-10-12(11-6-2-1-3-7-11)14-13(17)15-8-4-5-9-15;1-4-2-3/h10-15,18-22,31,33,36H,5-9,16-17H2,1-4H3,(H,37,43)(H,38,39)(H,40,41);1-3,6-7,10,12H,4-5,8-9H2,(H,14,17);2H,1H3/t31?,33-;12-;/m00./s1. The van der Waals surface area contributed by atoms with Crippen LogP contribution in [0.3, 0.4) is 0 Å². The largest absolute Gasteiger partial charge is 0.471 e. The van der Waals surface area contributed by atoms with Gasteiger partial charge in [0, 0.05) is 31.6 Å². The molecule has 4 aromatic carbocycles. The number of carbonyl (C=O) groups excluding carboxylic acids is 4. The van der Waals surface area contributed by atoms with Crippen LogP contribution in [-0.2, 0) is 25.5 Å². The Bertz CT molecular complexity index is 2440. The lowest BCUT2D eigenvalue weighted by Gasteiger charge is -2.19. The van der Waals surface area contributed by atoms with Crippen LogP contribution in [0.25, 0.3) is 44.2 Å². The molecule has 6 aromatic rings. The number of nitrogens with one attached hydrogen (secondary N) is 5. The molecule has 4 heterocycles. The van der Waals surface area contributed by atoms with Gasteiger partial charge in [0.2, 0.25) is 5.91 Å². The molecule has 2 aliphatic heterocycles. The first-order chi connectivity index (χ1) is 31.1. The number of rotatable bonds is 15. The molecule has 14 nitrogen and oxygen atoms in total. The van der Waals surface area contributed by atoms with Crippen LogP contribution in [0.1, 0.15) is 81.7 Å². The van der Waals surface area contributed by atoms with E-state index in [1.54, 1.807) is 4.90 Å². The summed E-state index contributed by atoms with van der Waals surface area (Å²) in [4.78, 5) is 64.8. The summed E-state index contributed by atoms with van der Waals surface area (Å²) in [5.41, 5.74) is 7.47. The molecule has 0 radical (unpaired) electrons. The minimum Gasteiger partial charge on any atom is -0.471 e. The first kappa shape index (κ1) is 47.1. The van der Waals surface area contributed by atoms with E-state index in [4.69, 9.17) is 9.78 Å². The fourth-order valence-electron chi connectivity index (χ4n) is 8.36. The summed E-state index contributed by atoms with van der Waals surface area (Å²) in [6.45, 7) is 7.86. The van der Waals surface area contributed by atoms with E-state index in [-0.39, 0.29) is 23.9 Å². The minimum absolute atomic E-state index is 0.0708. The fraction of sp³-hybridized carbons (Fsp3) is 0.400. The van der Waals surface area contributed by atoms with E-state index >= 15 is 0 Å². The van der Waals surface area contributed by atoms with Crippen molar-refractivity contribution in [1.29, 1.82) is 0 Å². The maximum Gasteiger partial charge on any atom is 0.318 e. The number of hydrogen-bond donors (Lipinski definition) is 5. The van der Waals surface area contributed by atoms with Crippen LogP contribution in [-0.4, -0.2) is 108 Å².